The van der Waals surface area contributed by atoms with Crippen LogP contribution in [-0.2, 0) is 24.1 Å². The van der Waals surface area contributed by atoms with Crippen molar-refractivity contribution in [3.05, 3.63) is 52.1 Å². The second kappa shape index (κ2) is 9.60. The molecule has 0 aliphatic heterocycles. The number of allylic oxidation sites excluding steroid dienone is 4. The van der Waals surface area contributed by atoms with Gasteiger partial charge in [-0.05, 0) is 0 Å². The van der Waals surface area contributed by atoms with Gasteiger partial charge in [0.1, 0.15) is 0 Å². The zero-order valence-electron chi connectivity index (χ0n) is 15.9. The first-order valence-corrected chi connectivity index (χ1v) is 10.1. The summed E-state index contributed by atoms with van der Waals surface area (Å²) in [6.07, 6.45) is 0. The molecule has 2 rings (SSSR count). The molecule has 1 aliphatic rings. The van der Waals surface area contributed by atoms with Crippen molar-refractivity contribution < 1.29 is 19.4 Å². The van der Waals surface area contributed by atoms with Crippen LogP contribution >= 0.6 is 24.8 Å². The molecule has 1 aliphatic carbocycles. The second-order valence-corrected chi connectivity index (χ2v) is 8.95. The minimum atomic E-state index is -0.155. The summed E-state index contributed by atoms with van der Waals surface area (Å²) in [4.78, 5) is 0. The average Bonchev–Trinajstić information content (AvgIpc) is 2.63. The van der Waals surface area contributed by atoms with E-state index in [9.17, 15) is 0 Å². The fourth-order valence-electron chi connectivity index (χ4n) is 3.14. The number of hydrogen-bond acceptors (Lipinski definition) is 1. The minimum Gasteiger partial charge on any atom is -0.147 e. The van der Waals surface area contributed by atoms with Gasteiger partial charge in [0.2, 0.25) is 0 Å². The maximum atomic E-state index is 3.73. The predicted molar refractivity (Wildman–Crippen MR) is 108 cm³/mol. The summed E-state index contributed by atoms with van der Waals surface area (Å²) in [5.41, 5.74) is 9.28. The van der Waals surface area contributed by atoms with Crippen molar-refractivity contribution in [2.45, 2.75) is 58.7 Å². The molecular weight excluding hydrogens is 373 g/mol. The van der Waals surface area contributed by atoms with Gasteiger partial charge in [-0.25, -0.2) is 0 Å². The van der Waals surface area contributed by atoms with Crippen LogP contribution in [0.25, 0.3) is 5.57 Å². The summed E-state index contributed by atoms with van der Waals surface area (Å²) in [6.45, 7) is 16.0. The minimum absolute atomic E-state index is 0. The van der Waals surface area contributed by atoms with Gasteiger partial charge < -0.3 is 0 Å². The van der Waals surface area contributed by atoms with Gasteiger partial charge >= 0.3 is 146 Å². The van der Waals surface area contributed by atoms with Crippen molar-refractivity contribution in [3.8, 4) is 0 Å². The van der Waals surface area contributed by atoms with Crippen molar-refractivity contribution in [1.82, 2.24) is 3.80 Å². The molecule has 0 bridgehead atoms. The van der Waals surface area contributed by atoms with E-state index in [2.05, 4.69) is 76.5 Å². The summed E-state index contributed by atoms with van der Waals surface area (Å²) in [5, 5.41) is 0. The predicted octanol–water partition coefficient (Wildman–Crippen LogP) is 6.18. The van der Waals surface area contributed by atoms with Crippen molar-refractivity contribution in [2.75, 3.05) is 0 Å². The summed E-state index contributed by atoms with van der Waals surface area (Å²) < 4.78 is 4.93. The number of hydrogen-bond donors (Lipinski definition) is 1. The van der Waals surface area contributed by atoms with E-state index in [4.69, 9.17) is 0 Å². The first kappa shape index (κ1) is 24.0. The van der Waals surface area contributed by atoms with E-state index in [1.165, 1.54) is 32.6 Å². The third-order valence-electron chi connectivity index (χ3n) is 4.69. The molecule has 0 aromatic heterocycles. The molecule has 134 valence electrons. The first-order valence-electron chi connectivity index (χ1n) is 8.19. The first-order chi connectivity index (χ1) is 10.2. The largest absolute Gasteiger partial charge is 0.147 e. The van der Waals surface area contributed by atoms with Crippen LogP contribution in [0, 0.1) is 5.92 Å². The van der Waals surface area contributed by atoms with Gasteiger partial charge in [0, 0.05) is 0 Å². The molecule has 4 heteroatoms. The Kier molecular flexibility index (Phi) is 9.58. The standard InChI is InChI=1S/C16H19.C4H10N.2ClH.Ti/c1-10-8-6-7-9-15(10)16-13(4)11(2)12(3)14(16)5;1-4(2,3)5;;;/h6-9,13H,1H2,2-5H3;5H,1-3H3;2*1H;/q;-1;;;+1. The molecule has 0 saturated heterocycles. The van der Waals surface area contributed by atoms with Gasteiger partial charge in [-0.2, -0.15) is 0 Å². The fourth-order valence-corrected chi connectivity index (χ4v) is 4.89. The van der Waals surface area contributed by atoms with Crippen LogP contribution in [0.2, 0.25) is 0 Å². The topological polar surface area (TPSA) is 12.0 Å². The van der Waals surface area contributed by atoms with E-state index >= 15 is 0 Å². The average molecular weight is 404 g/mol. The molecular formula is C20H31Cl2NTi. The molecule has 24 heavy (non-hydrogen) atoms. The van der Waals surface area contributed by atoms with Gasteiger partial charge in [0.15, 0.2) is 0 Å². The molecule has 1 aromatic rings. The van der Waals surface area contributed by atoms with Crippen LogP contribution in [0.15, 0.2) is 41.0 Å². The normalized spacial score (nSPS) is 17.5. The zero-order chi connectivity index (χ0) is 16.5. The molecule has 0 saturated carbocycles. The summed E-state index contributed by atoms with van der Waals surface area (Å²) in [7, 11) is 0. The molecule has 1 unspecified atom stereocenters. The van der Waals surface area contributed by atoms with Gasteiger partial charge in [-0.3, -0.25) is 0 Å². The number of benzene rings is 1. The third-order valence-corrected chi connectivity index (χ3v) is 7.01. The van der Waals surface area contributed by atoms with Gasteiger partial charge in [-0.1, -0.05) is 0 Å². The molecule has 1 N–H and O–H groups in total. The molecule has 0 radical (unpaired) electrons. The van der Waals surface area contributed by atoms with Crippen molar-refractivity contribution in [1.29, 1.82) is 0 Å². The van der Waals surface area contributed by atoms with Crippen molar-refractivity contribution in [3.63, 3.8) is 0 Å². The van der Waals surface area contributed by atoms with Crippen LogP contribution in [0.5, 0.6) is 0 Å². The van der Waals surface area contributed by atoms with E-state index < -0.39 is 0 Å². The van der Waals surface area contributed by atoms with Gasteiger partial charge in [-0.15, -0.1) is 24.8 Å². The van der Waals surface area contributed by atoms with E-state index in [0.717, 1.165) is 0 Å². The molecule has 0 amide bonds. The van der Waals surface area contributed by atoms with E-state index in [1.54, 1.807) is 5.57 Å². The Balaban J connectivity index is 0.00000264. The quantitative estimate of drug-likeness (QED) is 0.592. The fraction of sp³-hybridized carbons (Fsp3) is 0.500. The Morgan fingerprint density at radius 3 is 2.08 bits per heavy atom. The molecule has 1 atom stereocenters. The maximum absolute atomic E-state index is 3.73. The Bertz CT molecular complexity index is 627. The number of halogens is 2. The Labute approximate surface area is 169 Å². The van der Waals surface area contributed by atoms with Gasteiger partial charge in [0.05, 0.1) is 0 Å². The smallest absolute Gasteiger partial charge is 0.147 e. The van der Waals surface area contributed by atoms with Crippen molar-refractivity contribution in [2.24, 2.45) is 5.92 Å². The monoisotopic (exact) mass is 403 g/mol. The SMILES string of the molecule is CC1=C(C)C(C)C(c2ccccc2[CH2][Ti][NH]C(C)(C)C)=C1C.Cl.Cl. The molecule has 1 nitrogen and oxygen atoms in total. The van der Waals surface area contributed by atoms with Crippen LogP contribution in [0.1, 0.15) is 59.6 Å². The molecule has 0 fully saturated rings. The second-order valence-electron chi connectivity index (χ2n) is 7.45. The molecule has 0 heterocycles. The zero-order valence-corrected chi connectivity index (χ0v) is 19.1. The van der Waals surface area contributed by atoms with Crippen molar-refractivity contribution >= 4 is 30.4 Å². The van der Waals surface area contributed by atoms with Crippen LogP contribution in [0.3, 0.4) is 0 Å². The molecule has 1 aromatic carbocycles. The van der Waals surface area contributed by atoms with Crippen LogP contribution < -0.4 is 3.80 Å². The van der Waals surface area contributed by atoms with E-state index in [1.807, 2.05) is 0 Å². The summed E-state index contributed by atoms with van der Waals surface area (Å²) in [5.74, 6) is 0.553. The number of nitrogens with one attached hydrogen (secondary N) is 1. The van der Waals surface area contributed by atoms with E-state index in [0.29, 0.717) is 5.92 Å². The Hall–Kier alpha value is -0.0457. The van der Waals surface area contributed by atoms with Crippen LogP contribution in [0.4, 0.5) is 0 Å². The summed E-state index contributed by atoms with van der Waals surface area (Å²) in [6, 6.07) is 9.01. The van der Waals surface area contributed by atoms with Gasteiger partial charge in [0.25, 0.3) is 0 Å². The third kappa shape index (κ3) is 5.48. The molecule has 0 spiro atoms. The maximum Gasteiger partial charge on any atom is -0.147 e. The Morgan fingerprint density at radius 1 is 1.00 bits per heavy atom. The van der Waals surface area contributed by atoms with E-state index in [-0.39, 0.29) is 49.8 Å². The van der Waals surface area contributed by atoms with Crippen LogP contribution in [-0.4, -0.2) is 5.54 Å². The summed E-state index contributed by atoms with van der Waals surface area (Å²) >= 11 is -0.155. The number of rotatable bonds is 4. The Morgan fingerprint density at radius 2 is 1.58 bits per heavy atom.